The minimum atomic E-state index is -0.227. The third-order valence-electron chi connectivity index (χ3n) is 4.53. The Morgan fingerprint density at radius 1 is 1.17 bits per heavy atom. The number of carbonyl (C=O) groups is 1. The van der Waals surface area contributed by atoms with Gasteiger partial charge >= 0.3 is 0 Å². The fraction of sp³-hybridized carbons (Fsp3) is 0.304. The van der Waals surface area contributed by atoms with Crippen LogP contribution in [0.25, 0.3) is 11.3 Å². The summed E-state index contributed by atoms with van der Waals surface area (Å²) in [6.45, 7) is 10.4. The molecule has 0 spiro atoms. The van der Waals surface area contributed by atoms with Gasteiger partial charge in [-0.3, -0.25) is 10.1 Å². The minimum absolute atomic E-state index is 0.0664. The monoisotopic (exact) mass is 472 g/mol. The van der Waals surface area contributed by atoms with E-state index < -0.39 is 0 Å². The fourth-order valence-corrected chi connectivity index (χ4v) is 4.07. The van der Waals surface area contributed by atoms with Crippen LogP contribution in [0.5, 0.6) is 5.75 Å². The maximum atomic E-state index is 12.4. The molecule has 0 fully saturated rings. The molecule has 1 amide bonds. The van der Waals surface area contributed by atoms with Crippen molar-refractivity contribution in [3.05, 3.63) is 62.9 Å². The molecule has 2 aromatic carbocycles. The maximum Gasteiger partial charge on any atom is 0.264 e. The predicted octanol–water partition coefficient (Wildman–Crippen LogP) is 6.50. The maximum absolute atomic E-state index is 12.4. The van der Waals surface area contributed by atoms with Crippen molar-refractivity contribution in [2.75, 3.05) is 11.9 Å². The number of benzene rings is 2. The van der Waals surface area contributed by atoms with E-state index in [4.69, 9.17) is 4.74 Å². The van der Waals surface area contributed by atoms with Gasteiger partial charge in [0.2, 0.25) is 0 Å². The molecule has 3 aromatic rings. The van der Waals surface area contributed by atoms with Crippen molar-refractivity contribution in [2.45, 2.75) is 40.0 Å². The lowest BCUT2D eigenvalue weighted by Crippen LogP contribution is -2.22. The van der Waals surface area contributed by atoms with Crippen molar-refractivity contribution in [3.63, 3.8) is 0 Å². The SMILES string of the molecule is Cc1ccc(C)c(-c2csc(NC(=O)COc3ccc(Br)cc3C(C)(C)C)n2)c1. The molecule has 4 nitrogen and oxygen atoms in total. The molecule has 0 atom stereocenters. The smallest absolute Gasteiger partial charge is 0.264 e. The predicted molar refractivity (Wildman–Crippen MR) is 124 cm³/mol. The lowest BCUT2D eigenvalue weighted by molar-refractivity contribution is -0.118. The summed E-state index contributed by atoms with van der Waals surface area (Å²) < 4.78 is 6.81. The van der Waals surface area contributed by atoms with E-state index in [1.165, 1.54) is 16.9 Å². The number of carbonyl (C=O) groups excluding carboxylic acids is 1. The van der Waals surface area contributed by atoms with Crippen LogP contribution in [0.1, 0.15) is 37.5 Å². The van der Waals surface area contributed by atoms with Gasteiger partial charge in [0.1, 0.15) is 5.75 Å². The van der Waals surface area contributed by atoms with Crippen molar-refractivity contribution in [1.29, 1.82) is 0 Å². The van der Waals surface area contributed by atoms with Crippen LogP contribution in [0, 0.1) is 13.8 Å². The van der Waals surface area contributed by atoms with E-state index in [1.807, 2.05) is 23.6 Å². The minimum Gasteiger partial charge on any atom is -0.483 e. The molecular formula is C23H25BrN2O2S. The van der Waals surface area contributed by atoms with Crippen molar-refractivity contribution in [1.82, 2.24) is 4.98 Å². The summed E-state index contributed by atoms with van der Waals surface area (Å²) in [4.78, 5) is 17.0. The van der Waals surface area contributed by atoms with Crippen molar-refractivity contribution in [2.24, 2.45) is 0 Å². The topological polar surface area (TPSA) is 51.2 Å². The van der Waals surface area contributed by atoms with Crippen LogP contribution in [0.4, 0.5) is 5.13 Å². The van der Waals surface area contributed by atoms with Gasteiger partial charge < -0.3 is 4.74 Å². The van der Waals surface area contributed by atoms with Gasteiger partial charge in [0.05, 0.1) is 5.69 Å². The standard InChI is InChI=1S/C23H25BrN2O2S/c1-14-6-7-15(2)17(10-14)19-13-29-22(25-19)26-21(27)12-28-20-9-8-16(24)11-18(20)23(3,4)5/h6-11,13H,12H2,1-5H3,(H,25,26,27). The van der Waals surface area contributed by atoms with Crippen LogP contribution in [-0.4, -0.2) is 17.5 Å². The number of aryl methyl sites for hydroxylation is 2. The van der Waals surface area contributed by atoms with Crippen molar-refractivity contribution >= 4 is 38.3 Å². The summed E-state index contributed by atoms with van der Waals surface area (Å²) in [7, 11) is 0. The van der Waals surface area contributed by atoms with Crippen LogP contribution in [-0.2, 0) is 10.2 Å². The second-order valence-corrected chi connectivity index (χ2v) is 9.86. The van der Waals surface area contributed by atoms with Gasteiger partial charge in [-0.15, -0.1) is 11.3 Å². The number of aromatic nitrogens is 1. The van der Waals surface area contributed by atoms with E-state index in [9.17, 15) is 4.79 Å². The Hall–Kier alpha value is -2.18. The van der Waals surface area contributed by atoms with Crippen LogP contribution >= 0.6 is 27.3 Å². The number of nitrogens with one attached hydrogen (secondary N) is 1. The van der Waals surface area contributed by atoms with Gasteiger partial charge in [-0.05, 0) is 49.1 Å². The first-order valence-electron chi connectivity index (χ1n) is 9.39. The molecule has 0 saturated carbocycles. The molecule has 6 heteroatoms. The first kappa shape index (κ1) is 21.5. The van der Waals surface area contributed by atoms with E-state index >= 15 is 0 Å². The van der Waals surface area contributed by atoms with Gasteiger partial charge in [0.15, 0.2) is 11.7 Å². The highest BCUT2D eigenvalue weighted by Crippen LogP contribution is 2.34. The number of anilines is 1. The molecule has 1 aromatic heterocycles. The molecule has 0 aliphatic carbocycles. The molecule has 0 aliphatic heterocycles. The first-order chi connectivity index (χ1) is 13.6. The normalized spacial score (nSPS) is 11.4. The molecule has 0 saturated heterocycles. The molecule has 1 heterocycles. The Kier molecular flexibility index (Phi) is 6.44. The van der Waals surface area contributed by atoms with E-state index in [1.54, 1.807) is 0 Å². The largest absolute Gasteiger partial charge is 0.483 e. The summed E-state index contributed by atoms with van der Waals surface area (Å²) in [5.41, 5.74) is 5.25. The fourth-order valence-electron chi connectivity index (χ4n) is 2.98. The quantitative estimate of drug-likeness (QED) is 0.460. The lowest BCUT2D eigenvalue weighted by Gasteiger charge is -2.23. The van der Waals surface area contributed by atoms with E-state index in [2.05, 4.69) is 79.0 Å². The Balaban J connectivity index is 1.67. The van der Waals surface area contributed by atoms with Gasteiger partial charge in [0.25, 0.3) is 5.91 Å². The zero-order valence-electron chi connectivity index (χ0n) is 17.3. The third-order valence-corrected chi connectivity index (χ3v) is 5.78. The Morgan fingerprint density at radius 3 is 2.66 bits per heavy atom. The molecule has 0 unspecified atom stereocenters. The van der Waals surface area contributed by atoms with Crippen LogP contribution in [0.15, 0.2) is 46.3 Å². The van der Waals surface area contributed by atoms with Gasteiger partial charge in [-0.1, -0.05) is 54.4 Å². The van der Waals surface area contributed by atoms with Gasteiger partial charge in [-0.2, -0.15) is 0 Å². The van der Waals surface area contributed by atoms with Crippen LogP contribution in [0.3, 0.4) is 0 Å². The summed E-state index contributed by atoms with van der Waals surface area (Å²) in [5.74, 6) is 0.487. The lowest BCUT2D eigenvalue weighted by atomic mass is 9.86. The van der Waals surface area contributed by atoms with Crippen LogP contribution < -0.4 is 10.1 Å². The van der Waals surface area contributed by atoms with Crippen molar-refractivity contribution < 1.29 is 9.53 Å². The highest BCUT2D eigenvalue weighted by molar-refractivity contribution is 9.10. The molecule has 152 valence electrons. The van der Waals surface area contributed by atoms with Crippen LogP contribution in [0.2, 0.25) is 0 Å². The number of halogens is 1. The number of ether oxygens (including phenoxy) is 1. The Labute approximate surface area is 184 Å². The van der Waals surface area contributed by atoms with E-state index in [-0.39, 0.29) is 17.9 Å². The van der Waals surface area contributed by atoms with E-state index in [0.29, 0.717) is 10.9 Å². The molecule has 0 aliphatic rings. The molecular weight excluding hydrogens is 448 g/mol. The summed E-state index contributed by atoms with van der Waals surface area (Å²) in [6, 6.07) is 12.1. The van der Waals surface area contributed by atoms with Gasteiger partial charge in [-0.25, -0.2) is 4.98 Å². The summed E-state index contributed by atoms with van der Waals surface area (Å²) in [6.07, 6.45) is 0. The molecule has 1 N–H and O–H groups in total. The molecule has 0 radical (unpaired) electrons. The van der Waals surface area contributed by atoms with E-state index in [0.717, 1.165) is 26.9 Å². The highest BCUT2D eigenvalue weighted by atomic mass is 79.9. The highest BCUT2D eigenvalue weighted by Gasteiger charge is 2.20. The number of hydrogen-bond acceptors (Lipinski definition) is 4. The Morgan fingerprint density at radius 2 is 1.93 bits per heavy atom. The molecule has 29 heavy (non-hydrogen) atoms. The number of amides is 1. The zero-order chi connectivity index (χ0) is 21.2. The summed E-state index contributed by atoms with van der Waals surface area (Å²) in [5, 5.41) is 5.37. The molecule has 3 rings (SSSR count). The second kappa shape index (κ2) is 8.67. The number of nitrogens with zero attached hydrogens (tertiary/aromatic N) is 1. The third kappa shape index (κ3) is 5.46. The Bertz CT molecular complexity index is 1040. The van der Waals surface area contributed by atoms with Crippen molar-refractivity contribution in [3.8, 4) is 17.0 Å². The first-order valence-corrected chi connectivity index (χ1v) is 11.1. The number of hydrogen-bond donors (Lipinski definition) is 1. The average molecular weight is 473 g/mol. The van der Waals surface area contributed by atoms with Gasteiger partial charge in [0, 0.05) is 21.0 Å². The molecule has 0 bridgehead atoms. The average Bonchev–Trinajstić information content (AvgIpc) is 3.10. The number of thiazole rings is 1. The second-order valence-electron chi connectivity index (χ2n) is 8.08. The number of rotatable bonds is 5. The zero-order valence-corrected chi connectivity index (χ0v) is 19.7. The summed E-state index contributed by atoms with van der Waals surface area (Å²) >= 11 is 4.92.